The van der Waals surface area contributed by atoms with Gasteiger partial charge in [0, 0.05) is 25.5 Å². The molecule has 0 saturated carbocycles. The zero-order chi connectivity index (χ0) is 21.2. The zero-order valence-electron chi connectivity index (χ0n) is 17.2. The largest absolute Gasteiger partial charge is 0.338 e. The van der Waals surface area contributed by atoms with Crippen LogP contribution in [0.15, 0.2) is 39.9 Å². The van der Waals surface area contributed by atoms with E-state index in [0.717, 1.165) is 25.7 Å². The quantitative estimate of drug-likeness (QED) is 0.581. The number of aromatic nitrogens is 2. The van der Waals surface area contributed by atoms with E-state index >= 15 is 0 Å². The smallest absolute Gasteiger partial charge is 0.288 e. The number of hydrogen-bond acceptors (Lipinski definition) is 3. The standard InChI is InChI=1S/C24H26N2O3/c1-4-6-8-13-17-20-21(18-14-9-7-5-2)25(3)24(29)26(23(20)28)22(27)19-15-11-10-12-16-19/h10-12,15-16H,4-9H2,1-3H3. The van der Waals surface area contributed by atoms with Crippen LogP contribution in [0.25, 0.3) is 0 Å². The van der Waals surface area contributed by atoms with Crippen molar-refractivity contribution in [2.45, 2.75) is 52.4 Å². The Morgan fingerprint density at radius 3 is 2.10 bits per heavy atom. The molecule has 0 amide bonds. The molecule has 0 aliphatic rings. The third-order valence-electron chi connectivity index (χ3n) is 4.42. The molecule has 0 saturated heterocycles. The Hall–Kier alpha value is -3.31. The van der Waals surface area contributed by atoms with E-state index in [1.807, 2.05) is 0 Å². The summed E-state index contributed by atoms with van der Waals surface area (Å²) in [5.74, 6) is 11.1. The van der Waals surface area contributed by atoms with Gasteiger partial charge in [0.2, 0.25) is 0 Å². The van der Waals surface area contributed by atoms with E-state index in [4.69, 9.17) is 0 Å². The van der Waals surface area contributed by atoms with Crippen LogP contribution in [0, 0.1) is 23.7 Å². The van der Waals surface area contributed by atoms with E-state index in [-0.39, 0.29) is 16.8 Å². The van der Waals surface area contributed by atoms with Crippen LogP contribution in [-0.4, -0.2) is 15.0 Å². The van der Waals surface area contributed by atoms with Gasteiger partial charge in [0.05, 0.1) is 0 Å². The first-order valence-electron chi connectivity index (χ1n) is 9.96. The van der Waals surface area contributed by atoms with Crippen LogP contribution >= 0.6 is 0 Å². The summed E-state index contributed by atoms with van der Waals surface area (Å²) in [5.41, 5.74) is -0.819. The molecule has 0 aliphatic carbocycles. The molecular weight excluding hydrogens is 364 g/mol. The number of hydrogen-bond donors (Lipinski definition) is 0. The highest BCUT2D eigenvalue weighted by atomic mass is 16.2. The Labute approximate surface area is 171 Å². The van der Waals surface area contributed by atoms with Crippen molar-refractivity contribution in [1.82, 2.24) is 9.13 Å². The maximum atomic E-state index is 13.1. The molecule has 1 aromatic carbocycles. The van der Waals surface area contributed by atoms with Crippen molar-refractivity contribution in [2.75, 3.05) is 0 Å². The first-order chi connectivity index (χ1) is 14.0. The van der Waals surface area contributed by atoms with E-state index in [1.165, 1.54) is 11.6 Å². The number of unbranched alkanes of at least 4 members (excludes halogenated alkanes) is 4. The summed E-state index contributed by atoms with van der Waals surface area (Å²) >= 11 is 0. The molecular formula is C24H26N2O3. The normalized spacial score (nSPS) is 9.90. The van der Waals surface area contributed by atoms with Gasteiger partial charge in [-0.05, 0) is 30.9 Å². The molecule has 5 heteroatoms. The van der Waals surface area contributed by atoms with Crippen molar-refractivity contribution in [3.63, 3.8) is 0 Å². The molecule has 0 spiro atoms. The minimum Gasteiger partial charge on any atom is -0.288 e. The lowest BCUT2D eigenvalue weighted by molar-refractivity contribution is 0.0948. The van der Waals surface area contributed by atoms with E-state index in [2.05, 4.69) is 37.5 Å². The Bertz CT molecular complexity index is 1100. The fraction of sp³-hybridized carbons (Fsp3) is 0.375. The van der Waals surface area contributed by atoms with Gasteiger partial charge in [-0.3, -0.25) is 14.2 Å². The maximum absolute atomic E-state index is 13.1. The van der Waals surface area contributed by atoms with Crippen LogP contribution in [0.3, 0.4) is 0 Å². The lowest BCUT2D eigenvalue weighted by Crippen LogP contribution is -2.45. The number of carbonyl (C=O) groups excluding carboxylic acids is 1. The lowest BCUT2D eigenvalue weighted by atomic mass is 10.1. The van der Waals surface area contributed by atoms with Gasteiger partial charge in [-0.2, -0.15) is 4.57 Å². The Kier molecular flexibility index (Phi) is 8.25. The molecule has 0 fully saturated rings. The Balaban J connectivity index is 2.68. The number of benzene rings is 1. The zero-order valence-corrected chi connectivity index (χ0v) is 17.2. The Morgan fingerprint density at radius 2 is 1.52 bits per heavy atom. The van der Waals surface area contributed by atoms with Gasteiger partial charge in [0.15, 0.2) is 0 Å². The van der Waals surface area contributed by atoms with Gasteiger partial charge in [-0.25, -0.2) is 4.79 Å². The number of rotatable bonds is 5. The molecule has 0 atom stereocenters. The van der Waals surface area contributed by atoms with Crippen molar-refractivity contribution in [2.24, 2.45) is 7.05 Å². The molecule has 150 valence electrons. The molecule has 0 bridgehead atoms. The first-order valence-corrected chi connectivity index (χ1v) is 9.96. The van der Waals surface area contributed by atoms with Crippen LogP contribution in [-0.2, 0) is 7.05 Å². The highest BCUT2D eigenvalue weighted by Crippen LogP contribution is 2.04. The van der Waals surface area contributed by atoms with Crippen molar-refractivity contribution in [3.05, 3.63) is 68.0 Å². The summed E-state index contributed by atoms with van der Waals surface area (Å²) in [7, 11) is 1.51. The molecule has 0 unspecified atom stereocenters. The van der Waals surface area contributed by atoms with Crippen molar-refractivity contribution < 1.29 is 4.79 Å². The second-order valence-corrected chi connectivity index (χ2v) is 6.69. The van der Waals surface area contributed by atoms with Crippen molar-refractivity contribution in [3.8, 4) is 23.7 Å². The van der Waals surface area contributed by atoms with Gasteiger partial charge in [-0.15, -0.1) is 0 Å². The van der Waals surface area contributed by atoms with Crippen LogP contribution in [0.4, 0.5) is 0 Å². The maximum Gasteiger partial charge on any atom is 0.338 e. The van der Waals surface area contributed by atoms with Gasteiger partial charge < -0.3 is 0 Å². The summed E-state index contributed by atoms with van der Waals surface area (Å²) < 4.78 is 1.89. The first kappa shape index (κ1) is 22.0. The SMILES string of the molecule is CCCCC#Cc1c(C#CCCCC)n(C)c(=O)n(C(=O)c2ccccc2)c1=O. The molecule has 1 aromatic heterocycles. The topological polar surface area (TPSA) is 61.1 Å². The number of carbonyl (C=O) groups is 1. The predicted octanol–water partition coefficient (Wildman–Crippen LogP) is 3.32. The monoisotopic (exact) mass is 390 g/mol. The molecule has 5 nitrogen and oxygen atoms in total. The van der Waals surface area contributed by atoms with E-state index in [0.29, 0.717) is 17.4 Å². The molecule has 0 radical (unpaired) electrons. The molecule has 2 rings (SSSR count). The predicted molar refractivity (Wildman–Crippen MR) is 115 cm³/mol. The molecule has 1 heterocycles. The molecule has 0 N–H and O–H groups in total. The highest BCUT2D eigenvalue weighted by molar-refractivity contribution is 5.95. The number of nitrogens with zero attached hydrogens (tertiary/aromatic N) is 2. The average Bonchev–Trinajstić information content (AvgIpc) is 2.74. The minimum absolute atomic E-state index is 0.0940. The lowest BCUT2D eigenvalue weighted by Gasteiger charge is -2.10. The van der Waals surface area contributed by atoms with Crippen LogP contribution < -0.4 is 11.2 Å². The van der Waals surface area contributed by atoms with Crippen LogP contribution in [0.5, 0.6) is 0 Å². The van der Waals surface area contributed by atoms with Crippen LogP contribution in [0.1, 0.15) is 74.0 Å². The molecule has 0 aliphatic heterocycles. The summed E-state index contributed by atoms with van der Waals surface area (Å²) in [6.45, 7) is 4.13. The molecule has 29 heavy (non-hydrogen) atoms. The van der Waals surface area contributed by atoms with E-state index < -0.39 is 17.2 Å². The highest BCUT2D eigenvalue weighted by Gasteiger charge is 2.20. The van der Waals surface area contributed by atoms with Gasteiger partial charge in [-0.1, -0.05) is 62.6 Å². The summed E-state index contributed by atoms with van der Waals surface area (Å²) in [4.78, 5) is 38.8. The summed E-state index contributed by atoms with van der Waals surface area (Å²) in [6, 6.07) is 8.26. The van der Waals surface area contributed by atoms with Crippen molar-refractivity contribution in [1.29, 1.82) is 0 Å². The summed E-state index contributed by atoms with van der Waals surface area (Å²) in [6.07, 6.45) is 5.13. The molecule has 2 aromatic rings. The fourth-order valence-corrected chi connectivity index (χ4v) is 2.69. The minimum atomic E-state index is -0.720. The van der Waals surface area contributed by atoms with Gasteiger partial charge in [0.1, 0.15) is 11.3 Å². The average molecular weight is 390 g/mol. The third-order valence-corrected chi connectivity index (χ3v) is 4.42. The second-order valence-electron chi connectivity index (χ2n) is 6.69. The van der Waals surface area contributed by atoms with Gasteiger partial charge in [0.25, 0.3) is 11.5 Å². The van der Waals surface area contributed by atoms with Crippen LogP contribution in [0.2, 0.25) is 0 Å². The third kappa shape index (κ3) is 5.36. The fourth-order valence-electron chi connectivity index (χ4n) is 2.69. The second kappa shape index (κ2) is 10.9. The van der Waals surface area contributed by atoms with Crippen molar-refractivity contribution >= 4 is 5.91 Å². The van der Waals surface area contributed by atoms with E-state index in [1.54, 1.807) is 30.3 Å². The Morgan fingerprint density at radius 1 is 0.931 bits per heavy atom. The summed E-state index contributed by atoms with van der Waals surface area (Å²) in [5, 5.41) is 0. The van der Waals surface area contributed by atoms with Gasteiger partial charge >= 0.3 is 5.69 Å². The van der Waals surface area contributed by atoms with E-state index in [9.17, 15) is 14.4 Å².